The third-order valence-corrected chi connectivity index (χ3v) is 4.10. The molecule has 130 valence electrons. The minimum absolute atomic E-state index is 0.109. The third kappa shape index (κ3) is 3.35. The van der Waals surface area contributed by atoms with Crippen molar-refractivity contribution >= 4 is 23.2 Å². The Kier molecular flexibility index (Phi) is 4.24. The van der Waals surface area contributed by atoms with Crippen molar-refractivity contribution in [3.63, 3.8) is 0 Å². The Morgan fingerprint density at radius 2 is 1.76 bits per heavy atom. The fraction of sp³-hybridized carbons (Fsp3) is 0.222. The second-order valence-electron chi connectivity index (χ2n) is 5.76. The van der Waals surface area contributed by atoms with E-state index >= 15 is 0 Å². The van der Waals surface area contributed by atoms with Gasteiger partial charge in [0.25, 0.3) is 5.91 Å². The largest absolute Gasteiger partial charge is 0.416 e. The van der Waals surface area contributed by atoms with Crippen LogP contribution in [0.3, 0.4) is 0 Å². The fourth-order valence-corrected chi connectivity index (χ4v) is 2.88. The molecule has 0 unspecified atom stereocenters. The molecule has 1 aliphatic rings. The summed E-state index contributed by atoms with van der Waals surface area (Å²) >= 11 is 0. The van der Waals surface area contributed by atoms with Crippen LogP contribution in [0.15, 0.2) is 42.5 Å². The minimum atomic E-state index is -4.45. The van der Waals surface area contributed by atoms with Gasteiger partial charge in [-0.3, -0.25) is 9.59 Å². The predicted molar refractivity (Wildman–Crippen MR) is 87.6 cm³/mol. The van der Waals surface area contributed by atoms with E-state index < -0.39 is 17.6 Å². The molecule has 0 bridgehead atoms. The van der Waals surface area contributed by atoms with Crippen LogP contribution in [-0.4, -0.2) is 18.4 Å². The van der Waals surface area contributed by atoms with Gasteiger partial charge in [-0.25, -0.2) is 0 Å². The normalized spacial score (nSPS) is 13.5. The first-order chi connectivity index (χ1) is 11.8. The number of fused-ring (bicyclic) bond motifs is 1. The Balaban J connectivity index is 1.85. The van der Waals surface area contributed by atoms with Crippen LogP contribution in [-0.2, 0) is 17.4 Å². The fourth-order valence-electron chi connectivity index (χ4n) is 2.88. The van der Waals surface area contributed by atoms with Crippen LogP contribution >= 0.6 is 0 Å². The Bertz CT molecular complexity index is 829. The molecule has 3 rings (SSSR count). The molecule has 1 N–H and O–H groups in total. The summed E-state index contributed by atoms with van der Waals surface area (Å²) in [5.74, 6) is -0.660. The van der Waals surface area contributed by atoms with Crippen molar-refractivity contribution in [2.24, 2.45) is 0 Å². The van der Waals surface area contributed by atoms with Crippen molar-refractivity contribution in [3.8, 4) is 0 Å². The van der Waals surface area contributed by atoms with Crippen molar-refractivity contribution in [1.29, 1.82) is 0 Å². The zero-order valence-electron chi connectivity index (χ0n) is 13.4. The first-order valence-corrected chi connectivity index (χ1v) is 7.66. The number of anilines is 2. The molecule has 0 saturated carbocycles. The van der Waals surface area contributed by atoms with E-state index in [9.17, 15) is 22.8 Å². The van der Waals surface area contributed by atoms with Crippen molar-refractivity contribution in [2.45, 2.75) is 19.5 Å². The lowest BCUT2D eigenvalue weighted by Crippen LogP contribution is -2.27. The van der Waals surface area contributed by atoms with Gasteiger partial charge < -0.3 is 10.2 Å². The van der Waals surface area contributed by atoms with Gasteiger partial charge in [-0.05, 0) is 42.3 Å². The topological polar surface area (TPSA) is 49.4 Å². The predicted octanol–water partition coefficient (Wildman–Crippen LogP) is 3.87. The van der Waals surface area contributed by atoms with Crippen LogP contribution in [0.1, 0.15) is 28.4 Å². The summed E-state index contributed by atoms with van der Waals surface area (Å²) < 4.78 is 37.8. The Morgan fingerprint density at radius 3 is 2.36 bits per heavy atom. The maximum atomic E-state index is 12.6. The van der Waals surface area contributed by atoms with Crippen molar-refractivity contribution in [2.75, 3.05) is 16.8 Å². The summed E-state index contributed by atoms with van der Waals surface area (Å²) in [6, 6.07) is 9.31. The molecular weight excluding hydrogens is 333 g/mol. The molecule has 0 spiro atoms. The third-order valence-electron chi connectivity index (χ3n) is 4.10. The number of carbonyl (C=O) groups is 2. The maximum Gasteiger partial charge on any atom is 0.416 e. The molecule has 25 heavy (non-hydrogen) atoms. The van der Waals surface area contributed by atoms with E-state index in [2.05, 4.69) is 5.32 Å². The number of para-hydroxylation sites is 1. The summed E-state index contributed by atoms with van der Waals surface area (Å²) in [6.07, 6.45) is -3.75. The SMILES string of the molecule is CC(=O)N1CCc2cccc(NC(=O)c3ccc(C(F)(F)F)cc3)c21. The molecule has 1 aliphatic heterocycles. The van der Waals surface area contributed by atoms with E-state index in [0.29, 0.717) is 24.3 Å². The molecule has 2 amide bonds. The Morgan fingerprint density at radius 1 is 1.08 bits per heavy atom. The number of hydrogen-bond acceptors (Lipinski definition) is 2. The maximum absolute atomic E-state index is 12.6. The molecular formula is C18H15F3N2O2. The number of amides is 2. The van der Waals surface area contributed by atoms with Gasteiger partial charge in [-0.15, -0.1) is 0 Å². The quantitative estimate of drug-likeness (QED) is 0.896. The summed E-state index contributed by atoms with van der Waals surface area (Å²) in [5.41, 5.74) is 1.36. The van der Waals surface area contributed by atoms with Gasteiger partial charge in [0.1, 0.15) is 0 Å². The van der Waals surface area contributed by atoms with Crippen molar-refractivity contribution in [3.05, 3.63) is 59.2 Å². The molecule has 0 fully saturated rings. The molecule has 0 atom stereocenters. The molecule has 0 aromatic heterocycles. The van der Waals surface area contributed by atoms with Crippen LogP contribution in [0.25, 0.3) is 0 Å². The van der Waals surface area contributed by atoms with Gasteiger partial charge in [0.05, 0.1) is 16.9 Å². The molecule has 2 aromatic carbocycles. The van der Waals surface area contributed by atoms with Gasteiger partial charge in [0.15, 0.2) is 0 Å². The molecule has 1 heterocycles. The zero-order valence-corrected chi connectivity index (χ0v) is 13.4. The monoisotopic (exact) mass is 348 g/mol. The van der Waals surface area contributed by atoms with Crippen LogP contribution < -0.4 is 10.2 Å². The number of halogens is 3. The lowest BCUT2D eigenvalue weighted by atomic mass is 10.1. The lowest BCUT2D eigenvalue weighted by molar-refractivity contribution is -0.137. The van der Waals surface area contributed by atoms with Gasteiger partial charge >= 0.3 is 6.18 Å². The van der Waals surface area contributed by atoms with E-state index in [0.717, 1.165) is 29.8 Å². The van der Waals surface area contributed by atoms with Crippen LogP contribution in [0.2, 0.25) is 0 Å². The highest BCUT2D eigenvalue weighted by Gasteiger charge is 2.30. The number of rotatable bonds is 2. The Hall–Kier alpha value is -2.83. The number of nitrogens with zero attached hydrogens (tertiary/aromatic N) is 1. The lowest BCUT2D eigenvalue weighted by Gasteiger charge is -2.19. The number of benzene rings is 2. The van der Waals surface area contributed by atoms with E-state index in [4.69, 9.17) is 0 Å². The van der Waals surface area contributed by atoms with Crippen LogP contribution in [0, 0.1) is 0 Å². The highest BCUT2D eigenvalue weighted by molar-refractivity contribution is 6.08. The zero-order chi connectivity index (χ0) is 18.2. The minimum Gasteiger partial charge on any atom is -0.320 e. The molecule has 0 aliphatic carbocycles. The van der Waals surface area contributed by atoms with Crippen molar-refractivity contribution in [1.82, 2.24) is 0 Å². The number of nitrogens with one attached hydrogen (secondary N) is 1. The molecule has 0 saturated heterocycles. The van der Waals surface area contributed by atoms with E-state index in [1.54, 1.807) is 17.0 Å². The van der Waals surface area contributed by atoms with E-state index in [1.807, 2.05) is 6.07 Å². The first-order valence-electron chi connectivity index (χ1n) is 7.66. The highest BCUT2D eigenvalue weighted by Crippen LogP contribution is 2.36. The van der Waals surface area contributed by atoms with E-state index in [1.165, 1.54) is 6.92 Å². The Labute approximate surface area is 142 Å². The average molecular weight is 348 g/mol. The highest BCUT2D eigenvalue weighted by atomic mass is 19.4. The van der Waals surface area contributed by atoms with Crippen LogP contribution in [0.5, 0.6) is 0 Å². The summed E-state index contributed by atoms with van der Waals surface area (Å²) in [5, 5.41) is 2.69. The van der Waals surface area contributed by atoms with Gasteiger partial charge in [-0.1, -0.05) is 12.1 Å². The standard InChI is InChI=1S/C18H15F3N2O2/c1-11(24)23-10-9-12-3-2-4-15(16(12)23)22-17(25)13-5-7-14(8-6-13)18(19,20)21/h2-8H,9-10H2,1H3,(H,22,25). The van der Waals surface area contributed by atoms with E-state index in [-0.39, 0.29) is 11.5 Å². The van der Waals surface area contributed by atoms with Gasteiger partial charge in [0.2, 0.25) is 5.91 Å². The molecule has 4 nitrogen and oxygen atoms in total. The van der Waals surface area contributed by atoms with Gasteiger partial charge in [-0.2, -0.15) is 13.2 Å². The van der Waals surface area contributed by atoms with Crippen molar-refractivity contribution < 1.29 is 22.8 Å². The van der Waals surface area contributed by atoms with Crippen LogP contribution in [0.4, 0.5) is 24.5 Å². The summed E-state index contributed by atoms with van der Waals surface area (Å²) in [4.78, 5) is 25.7. The number of carbonyl (C=O) groups excluding carboxylic acids is 2. The number of hydrogen-bond donors (Lipinski definition) is 1. The second-order valence-corrected chi connectivity index (χ2v) is 5.76. The second kappa shape index (κ2) is 6.23. The molecule has 7 heteroatoms. The van der Waals surface area contributed by atoms with Gasteiger partial charge in [0, 0.05) is 19.0 Å². The average Bonchev–Trinajstić information content (AvgIpc) is 2.99. The summed E-state index contributed by atoms with van der Waals surface area (Å²) in [6.45, 7) is 1.99. The summed E-state index contributed by atoms with van der Waals surface area (Å²) in [7, 11) is 0. The number of alkyl halides is 3. The smallest absolute Gasteiger partial charge is 0.320 e. The molecule has 2 aromatic rings. The molecule has 0 radical (unpaired) electrons. The first kappa shape index (κ1) is 17.0.